The molecule has 0 aliphatic carbocycles. The molecule has 1 aromatic heterocycles. The molecule has 0 spiro atoms. The monoisotopic (exact) mass is 251 g/mol. The summed E-state index contributed by atoms with van der Waals surface area (Å²) >= 11 is 5.42. The lowest BCUT2D eigenvalue weighted by Crippen LogP contribution is -2.08. The molecular weight excluding hydrogens is 244 g/mol. The molecule has 0 radical (unpaired) electrons. The van der Waals surface area contributed by atoms with Crippen molar-refractivity contribution >= 4 is 17.6 Å². The van der Waals surface area contributed by atoms with E-state index in [1.807, 2.05) is 0 Å². The predicted octanol–water partition coefficient (Wildman–Crippen LogP) is 2.09. The number of pyridine rings is 1. The van der Waals surface area contributed by atoms with Crippen molar-refractivity contribution < 1.29 is 23.8 Å². The van der Waals surface area contributed by atoms with E-state index in [0.29, 0.717) is 0 Å². The quantitative estimate of drug-likeness (QED) is 0.804. The summed E-state index contributed by atoms with van der Waals surface area (Å²) in [5.74, 6) is -1.91. The van der Waals surface area contributed by atoms with E-state index in [4.69, 9.17) is 16.7 Å². The van der Waals surface area contributed by atoms with Crippen molar-refractivity contribution in [1.29, 1.82) is 0 Å². The second-order valence-corrected chi connectivity index (χ2v) is 3.26. The maximum absolute atomic E-state index is 12.5. The lowest BCUT2D eigenvalue weighted by molar-refractivity contribution is -0.136. The zero-order chi connectivity index (χ0) is 12.3. The minimum Gasteiger partial charge on any atom is -0.506 e. The smallest absolute Gasteiger partial charge is 0.309 e. The Balaban J connectivity index is 3.24. The number of hydrogen-bond acceptors (Lipinski definition) is 3. The van der Waals surface area contributed by atoms with Gasteiger partial charge in [0.05, 0.1) is 23.7 Å². The minimum absolute atomic E-state index is 0.0117. The van der Waals surface area contributed by atoms with E-state index >= 15 is 0 Å². The lowest BCUT2D eigenvalue weighted by atomic mass is 10.1. The van der Waals surface area contributed by atoms with E-state index in [-0.39, 0.29) is 17.3 Å². The van der Waals surface area contributed by atoms with Crippen molar-refractivity contribution in [1.82, 2.24) is 4.98 Å². The molecule has 2 N–H and O–H groups in total. The third kappa shape index (κ3) is 2.79. The predicted molar refractivity (Wildman–Crippen MR) is 51.8 cm³/mol. The maximum Gasteiger partial charge on any atom is 0.309 e. The highest BCUT2D eigenvalue weighted by atomic mass is 35.5. The summed E-state index contributed by atoms with van der Waals surface area (Å²) in [5.41, 5.74) is -0.882. The first-order chi connectivity index (χ1) is 7.45. The molecule has 0 unspecified atom stereocenters. The summed E-state index contributed by atoms with van der Waals surface area (Å²) in [6, 6.07) is 0.799. The molecule has 4 nitrogen and oxygen atoms in total. The number of hydrogen-bond donors (Lipinski definition) is 2. The Bertz CT molecular complexity index is 412. The van der Waals surface area contributed by atoms with Gasteiger partial charge in [-0.1, -0.05) is 0 Å². The standard InChI is InChI=1S/C9H8ClF2NO3/c10-3-6-7(14)1-4(9(11)12)5(13-6)2-8(15)16/h1,9,14H,2-3H2,(H,15,16). The van der Waals surface area contributed by atoms with Gasteiger partial charge >= 0.3 is 5.97 Å². The van der Waals surface area contributed by atoms with Crippen LogP contribution in [0.15, 0.2) is 6.07 Å². The van der Waals surface area contributed by atoms with Gasteiger partial charge in [-0.2, -0.15) is 0 Å². The van der Waals surface area contributed by atoms with Gasteiger partial charge in [0.25, 0.3) is 6.43 Å². The van der Waals surface area contributed by atoms with E-state index in [0.717, 1.165) is 6.07 Å². The van der Waals surface area contributed by atoms with Crippen LogP contribution in [0.1, 0.15) is 23.4 Å². The molecule has 0 atom stereocenters. The first-order valence-electron chi connectivity index (χ1n) is 4.23. The van der Waals surface area contributed by atoms with Crippen LogP contribution in [0.25, 0.3) is 0 Å². The SMILES string of the molecule is O=C(O)Cc1nc(CCl)c(O)cc1C(F)F. The van der Waals surface area contributed by atoms with E-state index in [1.54, 1.807) is 0 Å². The zero-order valence-electron chi connectivity index (χ0n) is 7.95. The molecule has 0 fully saturated rings. The molecule has 1 aromatic rings. The molecule has 0 aliphatic rings. The molecule has 16 heavy (non-hydrogen) atoms. The molecule has 0 saturated carbocycles. The number of carboxylic acids is 1. The molecule has 1 rings (SSSR count). The van der Waals surface area contributed by atoms with E-state index in [1.165, 1.54) is 0 Å². The maximum atomic E-state index is 12.5. The van der Waals surface area contributed by atoms with Crippen molar-refractivity contribution in [3.05, 3.63) is 23.0 Å². The van der Waals surface area contributed by atoms with Gasteiger partial charge in [0, 0.05) is 5.56 Å². The molecule has 7 heteroatoms. The van der Waals surface area contributed by atoms with Crippen LogP contribution in [0.5, 0.6) is 5.75 Å². The molecular formula is C9H8ClF2NO3. The summed E-state index contributed by atoms with van der Waals surface area (Å²) in [6.45, 7) is 0. The van der Waals surface area contributed by atoms with Crippen LogP contribution in [0.3, 0.4) is 0 Å². The number of nitrogens with zero attached hydrogens (tertiary/aromatic N) is 1. The van der Waals surface area contributed by atoms with Crippen LogP contribution >= 0.6 is 11.6 Å². The topological polar surface area (TPSA) is 70.4 Å². The molecule has 88 valence electrons. The Morgan fingerprint density at radius 2 is 2.12 bits per heavy atom. The van der Waals surface area contributed by atoms with Crippen LogP contribution < -0.4 is 0 Å². The molecule has 0 bridgehead atoms. The van der Waals surface area contributed by atoms with Crippen LogP contribution in [0.2, 0.25) is 0 Å². The molecule has 0 amide bonds. The van der Waals surface area contributed by atoms with Gasteiger partial charge in [-0.3, -0.25) is 9.78 Å². The Labute approximate surface area is 94.5 Å². The average Bonchev–Trinajstić information content (AvgIpc) is 2.19. The first kappa shape index (κ1) is 12.6. The number of alkyl halides is 3. The molecule has 0 saturated heterocycles. The summed E-state index contributed by atoms with van der Waals surface area (Å²) in [7, 11) is 0. The third-order valence-corrected chi connectivity index (χ3v) is 2.12. The molecule has 0 aromatic carbocycles. The summed E-state index contributed by atoms with van der Waals surface area (Å²) < 4.78 is 25.0. The van der Waals surface area contributed by atoms with Gasteiger partial charge in [0.15, 0.2) is 0 Å². The van der Waals surface area contributed by atoms with Crippen molar-refractivity contribution in [2.45, 2.75) is 18.7 Å². The highest BCUT2D eigenvalue weighted by molar-refractivity contribution is 6.17. The van der Waals surface area contributed by atoms with Gasteiger partial charge in [-0.25, -0.2) is 8.78 Å². The zero-order valence-corrected chi connectivity index (χ0v) is 8.71. The third-order valence-electron chi connectivity index (χ3n) is 1.87. The Morgan fingerprint density at radius 3 is 2.56 bits per heavy atom. The summed E-state index contributed by atoms with van der Waals surface area (Å²) in [5, 5.41) is 17.8. The van der Waals surface area contributed by atoms with Crippen LogP contribution in [0, 0.1) is 0 Å². The lowest BCUT2D eigenvalue weighted by Gasteiger charge is -2.09. The fourth-order valence-electron chi connectivity index (χ4n) is 1.17. The highest BCUT2D eigenvalue weighted by Crippen LogP contribution is 2.28. The average molecular weight is 252 g/mol. The van der Waals surface area contributed by atoms with Crippen molar-refractivity contribution in [2.24, 2.45) is 0 Å². The number of carbonyl (C=O) groups is 1. The van der Waals surface area contributed by atoms with E-state index < -0.39 is 30.1 Å². The van der Waals surface area contributed by atoms with Gasteiger partial charge in [-0.15, -0.1) is 11.6 Å². The van der Waals surface area contributed by atoms with Crippen LogP contribution in [0.4, 0.5) is 8.78 Å². The number of aromatic hydroxyl groups is 1. The van der Waals surface area contributed by atoms with Gasteiger partial charge in [0.1, 0.15) is 5.75 Å². The number of aromatic nitrogens is 1. The Hall–Kier alpha value is -1.43. The van der Waals surface area contributed by atoms with Crippen molar-refractivity contribution in [3.63, 3.8) is 0 Å². The summed E-state index contributed by atoms with van der Waals surface area (Å²) in [4.78, 5) is 14.1. The van der Waals surface area contributed by atoms with Crippen molar-refractivity contribution in [3.8, 4) is 5.75 Å². The number of aliphatic carboxylic acids is 1. The fourth-order valence-corrected chi connectivity index (χ4v) is 1.37. The van der Waals surface area contributed by atoms with Crippen LogP contribution in [-0.2, 0) is 17.1 Å². The highest BCUT2D eigenvalue weighted by Gasteiger charge is 2.19. The molecule has 1 heterocycles. The number of halogens is 3. The minimum atomic E-state index is -2.89. The first-order valence-corrected chi connectivity index (χ1v) is 4.76. The van der Waals surface area contributed by atoms with Gasteiger partial charge < -0.3 is 10.2 Å². The number of carboxylic acid groups (broad SMARTS) is 1. The Morgan fingerprint density at radius 1 is 1.50 bits per heavy atom. The van der Waals surface area contributed by atoms with Gasteiger partial charge in [-0.05, 0) is 6.07 Å². The van der Waals surface area contributed by atoms with Crippen LogP contribution in [-0.4, -0.2) is 21.2 Å². The molecule has 0 aliphatic heterocycles. The second-order valence-electron chi connectivity index (χ2n) is 2.99. The number of rotatable bonds is 4. The normalized spacial score (nSPS) is 10.8. The van der Waals surface area contributed by atoms with Crippen molar-refractivity contribution in [2.75, 3.05) is 0 Å². The second kappa shape index (κ2) is 5.07. The summed E-state index contributed by atoms with van der Waals surface area (Å²) in [6.07, 6.45) is -3.53. The Kier molecular flexibility index (Phi) is 4.00. The van der Waals surface area contributed by atoms with E-state index in [9.17, 15) is 18.7 Å². The fraction of sp³-hybridized carbons (Fsp3) is 0.333. The van der Waals surface area contributed by atoms with Gasteiger partial charge in [0.2, 0.25) is 0 Å². The van der Waals surface area contributed by atoms with E-state index in [2.05, 4.69) is 4.98 Å². The largest absolute Gasteiger partial charge is 0.506 e.